The van der Waals surface area contributed by atoms with E-state index in [9.17, 15) is 0 Å². The molecule has 0 unspecified atom stereocenters. The van der Waals surface area contributed by atoms with E-state index in [0.717, 1.165) is 11.4 Å². The third kappa shape index (κ3) is 2.49. The Hall–Kier alpha value is -2.56. The summed E-state index contributed by atoms with van der Waals surface area (Å²) in [6, 6.07) is 11.2. The zero-order valence-electron chi connectivity index (χ0n) is 10.9. The van der Waals surface area contributed by atoms with Crippen LogP contribution in [0.5, 0.6) is 5.75 Å². The minimum absolute atomic E-state index is 0.00940. The van der Waals surface area contributed by atoms with Crippen LogP contribution in [0.2, 0.25) is 0 Å². The molecule has 2 rings (SSSR count). The largest absolute Gasteiger partial charge is 0.495 e. The maximum absolute atomic E-state index is 7.61. The Kier molecular flexibility index (Phi) is 3.66. The van der Waals surface area contributed by atoms with Gasteiger partial charge in [0.15, 0.2) is 0 Å². The van der Waals surface area contributed by atoms with Crippen molar-refractivity contribution >= 4 is 17.3 Å². The zero-order chi connectivity index (χ0) is 13.8. The summed E-state index contributed by atoms with van der Waals surface area (Å²) in [5, 5.41) is 7.61. The lowest BCUT2D eigenvalue weighted by atomic mass is 10.2. The van der Waals surface area contributed by atoms with Gasteiger partial charge in [-0.15, -0.1) is 0 Å². The molecule has 0 aliphatic rings. The molecule has 2 aromatic rings. The first-order valence-electron chi connectivity index (χ1n) is 5.81. The molecular weight excluding hydrogens is 240 g/mol. The van der Waals surface area contributed by atoms with E-state index in [2.05, 4.69) is 4.98 Å². The molecule has 0 saturated heterocycles. The summed E-state index contributed by atoms with van der Waals surface area (Å²) in [6.45, 7) is 0. The molecule has 0 fully saturated rings. The molecule has 5 nitrogen and oxygen atoms in total. The first-order valence-corrected chi connectivity index (χ1v) is 5.81. The van der Waals surface area contributed by atoms with Crippen molar-refractivity contribution in [1.82, 2.24) is 4.98 Å². The number of nitrogens with two attached hydrogens (primary N) is 1. The number of amidine groups is 1. The number of rotatable bonds is 4. The SMILES string of the molecule is COc1ccccc1N(C)c1ncccc1C(=N)N. The monoisotopic (exact) mass is 256 g/mol. The molecule has 0 atom stereocenters. The molecule has 1 aromatic heterocycles. The number of pyridine rings is 1. The molecule has 3 N–H and O–H groups in total. The molecule has 0 spiro atoms. The number of nitrogen functional groups attached to an aromatic ring is 1. The van der Waals surface area contributed by atoms with E-state index < -0.39 is 0 Å². The molecule has 1 aromatic carbocycles. The number of anilines is 2. The standard InChI is InChI=1S/C14H16N4O/c1-18(11-7-3-4-8-12(11)19-2)14-10(13(15)16)6-5-9-17-14/h3-9H,1-2H3,(H3,15,16). The molecule has 0 saturated carbocycles. The second-order valence-electron chi connectivity index (χ2n) is 4.02. The highest BCUT2D eigenvalue weighted by molar-refractivity contribution is 6.00. The van der Waals surface area contributed by atoms with Gasteiger partial charge in [-0.25, -0.2) is 4.98 Å². The van der Waals surface area contributed by atoms with Gasteiger partial charge in [-0.1, -0.05) is 12.1 Å². The predicted octanol–water partition coefficient (Wildman–Crippen LogP) is 2.14. The number of benzene rings is 1. The molecule has 0 radical (unpaired) electrons. The Bertz CT molecular complexity index is 598. The topological polar surface area (TPSA) is 75.2 Å². The van der Waals surface area contributed by atoms with Crippen molar-refractivity contribution in [2.45, 2.75) is 0 Å². The fourth-order valence-electron chi connectivity index (χ4n) is 1.90. The first kappa shape index (κ1) is 12.9. The van der Waals surface area contributed by atoms with E-state index in [-0.39, 0.29) is 5.84 Å². The van der Waals surface area contributed by atoms with Crippen LogP contribution in [-0.2, 0) is 0 Å². The summed E-state index contributed by atoms with van der Waals surface area (Å²) in [7, 11) is 3.49. The van der Waals surface area contributed by atoms with Crippen LogP contribution < -0.4 is 15.4 Å². The van der Waals surface area contributed by atoms with Crippen molar-refractivity contribution in [3.8, 4) is 5.75 Å². The molecule has 1 heterocycles. The summed E-state index contributed by atoms with van der Waals surface area (Å²) >= 11 is 0. The second kappa shape index (κ2) is 5.39. The van der Waals surface area contributed by atoms with Crippen molar-refractivity contribution in [3.05, 3.63) is 48.2 Å². The van der Waals surface area contributed by atoms with E-state index in [4.69, 9.17) is 15.9 Å². The van der Waals surface area contributed by atoms with Crippen molar-refractivity contribution in [3.63, 3.8) is 0 Å². The van der Waals surface area contributed by atoms with E-state index in [1.54, 1.807) is 25.4 Å². The number of nitrogens with zero attached hydrogens (tertiary/aromatic N) is 2. The van der Waals surface area contributed by atoms with Crippen LogP contribution in [0.15, 0.2) is 42.6 Å². The van der Waals surface area contributed by atoms with Crippen LogP contribution in [0.25, 0.3) is 0 Å². The van der Waals surface area contributed by atoms with Crippen molar-refractivity contribution in [2.24, 2.45) is 5.73 Å². The van der Waals surface area contributed by atoms with Gasteiger partial charge >= 0.3 is 0 Å². The van der Waals surface area contributed by atoms with Gasteiger partial charge in [-0.05, 0) is 24.3 Å². The number of aromatic nitrogens is 1. The predicted molar refractivity (Wildman–Crippen MR) is 76.3 cm³/mol. The van der Waals surface area contributed by atoms with Gasteiger partial charge in [-0.3, -0.25) is 5.41 Å². The summed E-state index contributed by atoms with van der Waals surface area (Å²) in [5.41, 5.74) is 7.05. The lowest BCUT2D eigenvalue weighted by Gasteiger charge is -2.22. The van der Waals surface area contributed by atoms with Crippen molar-refractivity contribution in [2.75, 3.05) is 19.1 Å². The summed E-state index contributed by atoms with van der Waals surface area (Å²) in [6.07, 6.45) is 1.67. The van der Waals surface area contributed by atoms with E-state index in [1.807, 2.05) is 36.2 Å². The average Bonchev–Trinajstić information content (AvgIpc) is 2.46. The maximum Gasteiger partial charge on any atom is 0.143 e. The summed E-state index contributed by atoms with van der Waals surface area (Å²) < 4.78 is 5.33. The van der Waals surface area contributed by atoms with Crippen LogP contribution in [0.3, 0.4) is 0 Å². The molecule has 98 valence electrons. The van der Waals surface area contributed by atoms with Crippen molar-refractivity contribution in [1.29, 1.82) is 5.41 Å². The summed E-state index contributed by atoms with van der Waals surface area (Å²) in [5.74, 6) is 1.36. The van der Waals surface area contributed by atoms with Gasteiger partial charge in [0, 0.05) is 13.2 Å². The van der Waals surface area contributed by atoms with Crippen molar-refractivity contribution < 1.29 is 4.74 Å². The maximum atomic E-state index is 7.61. The highest BCUT2D eigenvalue weighted by Crippen LogP contribution is 2.32. The zero-order valence-corrected chi connectivity index (χ0v) is 10.9. The number of hydrogen-bond acceptors (Lipinski definition) is 4. The molecule has 0 aliphatic carbocycles. The van der Waals surface area contributed by atoms with Gasteiger partial charge in [0.1, 0.15) is 17.4 Å². The normalized spacial score (nSPS) is 10.0. The minimum atomic E-state index is -0.00940. The number of nitrogens with one attached hydrogen (secondary N) is 1. The Morgan fingerprint density at radius 1 is 1.26 bits per heavy atom. The average molecular weight is 256 g/mol. The van der Waals surface area contributed by atoms with E-state index in [1.165, 1.54) is 0 Å². The van der Waals surface area contributed by atoms with Crippen LogP contribution in [0.4, 0.5) is 11.5 Å². The molecule has 0 bridgehead atoms. The molecule has 0 aliphatic heterocycles. The number of para-hydroxylation sites is 2. The molecule has 0 amide bonds. The smallest absolute Gasteiger partial charge is 0.143 e. The highest BCUT2D eigenvalue weighted by atomic mass is 16.5. The van der Waals surface area contributed by atoms with Crippen LogP contribution in [0.1, 0.15) is 5.56 Å². The molecular formula is C14H16N4O. The van der Waals surface area contributed by atoms with Gasteiger partial charge in [-0.2, -0.15) is 0 Å². The fraction of sp³-hybridized carbons (Fsp3) is 0.143. The van der Waals surface area contributed by atoms with Gasteiger partial charge in [0.2, 0.25) is 0 Å². The fourth-order valence-corrected chi connectivity index (χ4v) is 1.90. The third-order valence-electron chi connectivity index (χ3n) is 2.84. The summed E-state index contributed by atoms with van der Waals surface area (Å²) in [4.78, 5) is 6.16. The Labute approximate surface area is 112 Å². The highest BCUT2D eigenvalue weighted by Gasteiger charge is 2.15. The van der Waals surface area contributed by atoms with E-state index in [0.29, 0.717) is 11.4 Å². The van der Waals surface area contributed by atoms with Gasteiger partial charge in [0.25, 0.3) is 0 Å². The van der Waals surface area contributed by atoms with Gasteiger partial charge < -0.3 is 15.4 Å². The molecule has 19 heavy (non-hydrogen) atoms. The number of ether oxygens (including phenoxy) is 1. The van der Waals surface area contributed by atoms with Crippen LogP contribution in [0, 0.1) is 5.41 Å². The van der Waals surface area contributed by atoms with Gasteiger partial charge in [0.05, 0.1) is 18.4 Å². The number of methoxy groups -OCH3 is 1. The Balaban J connectivity index is 2.50. The van der Waals surface area contributed by atoms with Crippen LogP contribution >= 0.6 is 0 Å². The lowest BCUT2D eigenvalue weighted by Crippen LogP contribution is -2.20. The minimum Gasteiger partial charge on any atom is -0.495 e. The van der Waals surface area contributed by atoms with E-state index >= 15 is 0 Å². The second-order valence-corrected chi connectivity index (χ2v) is 4.02. The third-order valence-corrected chi connectivity index (χ3v) is 2.84. The lowest BCUT2D eigenvalue weighted by molar-refractivity contribution is 0.415. The Morgan fingerprint density at radius 3 is 2.68 bits per heavy atom. The Morgan fingerprint density at radius 2 is 2.00 bits per heavy atom. The quantitative estimate of drug-likeness (QED) is 0.649. The van der Waals surface area contributed by atoms with Crippen LogP contribution in [-0.4, -0.2) is 25.0 Å². The number of hydrogen-bond donors (Lipinski definition) is 2. The first-order chi connectivity index (χ1) is 9.15. The molecule has 5 heteroatoms.